The summed E-state index contributed by atoms with van der Waals surface area (Å²) in [6.45, 7) is 0. The summed E-state index contributed by atoms with van der Waals surface area (Å²) < 4.78 is 1.84. The number of carboxylic acid groups (broad SMARTS) is 1. The zero-order chi connectivity index (χ0) is 14.7. The summed E-state index contributed by atoms with van der Waals surface area (Å²) in [4.78, 5) is 14.8. The van der Waals surface area contributed by atoms with Gasteiger partial charge in [-0.2, -0.15) is 5.10 Å². The second-order valence-corrected chi connectivity index (χ2v) is 6.18. The summed E-state index contributed by atoms with van der Waals surface area (Å²) >= 11 is 1.31. The van der Waals surface area contributed by atoms with Crippen LogP contribution in [0.5, 0.6) is 0 Å². The Balaban J connectivity index is 1.93. The van der Waals surface area contributed by atoms with Crippen LogP contribution in [0.3, 0.4) is 0 Å². The van der Waals surface area contributed by atoms with E-state index in [2.05, 4.69) is 4.98 Å². The highest BCUT2D eigenvalue weighted by Crippen LogP contribution is 2.35. The van der Waals surface area contributed by atoms with Crippen LogP contribution >= 0.6 is 11.8 Å². The third-order valence-corrected chi connectivity index (χ3v) is 4.70. The first-order valence-corrected chi connectivity index (χ1v) is 8.07. The van der Waals surface area contributed by atoms with Crippen molar-refractivity contribution in [1.29, 1.82) is 0 Å². The van der Waals surface area contributed by atoms with Gasteiger partial charge in [-0.1, -0.05) is 24.6 Å². The lowest BCUT2D eigenvalue weighted by molar-refractivity contribution is -0.133. The van der Waals surface area contributed by atoms with Crippen molar-refractivity contribution in [3.8, 4) is 5.69 Å². The monoisotopic (exact) mass is 303 g/mol. The molecule has 21 heavy (non-hydrogen) atoms. The van der Waals surface area contributed by atoms with Crippen molar-refractivity contribution in [3.05, 3.63) is 36.3 Å². The van der Waals surface area contributed by atoms with Crippen LogP contribution in [0.1, 0.15) is 37.3 Å². The Morgan fingerprint density at radius 2 is 2.05 bits per heavy atom. The molecule has 0 atom stereocenters. The average Bonchev–Trinajstić information content (AvgIpc) is 3.15. The van der Waals surface area contributed by atoms with E-state index < -0.39 is 5.97 Å². The zero-order valence-corrected chi connectivity index (χ0v) is 12.4. The first-order valence-electron chi connectivity index (χ1n) is 7.09. The molecule has 0 amide bonds. The molecule has 0 aromatic carbocycles. The van der Waals surface area contributed by atoms with Gasteiger partial charge >= 0.3 is 5.97 Å². The predicted octanol–water partition coefficient (Wildman–Crippen LogP) is 3.10. The molecule has 0 aliphatic heterocycles. The average molecular weight is 303 g/mol. The molecule has 0 bridgehead atoms. The highest BCUT2D eigenvalue weighted by Gasteiger charge is 2.22. The number of nitrogens with zero attached hydrogens (tertiary/aromatic N) is 3. The van der Waals surface area contributed by atoms with E-state index in [-0.39, 0.29) is 5.75 Å². The molecule has 1 aliphatic rings. The first kappa shape index (κ1) is 14.1. The topological polar surface area (TPSA) is 68.0 Å². The minimum absolute atomic E-state index is 0.0425. The molecular weight excluding hydrogens is 286 g/mol. The minimum Gasteiger partial charge on any atom is -0.481 e. The zero-order valence-electron chi connectivity index (χ0n) is 11.6. The SMILES string of the molecule is O=C(O)CSc1cc(C2CCCC2)nn1-c1ccncc1. The van der Waals surface area contributed by atoms with E-state index in [1.54, 1.807) is 12.4 Å². The van der Waals surface area contributed by atoms with Gasteiger partial charge in [0.1, 0.15) is 5.03 Å². The molecule has 2 heterocycles. The Morgan fingerprint density at radius 1 is 1.33 bits per heavy atom. The van der Waals surface area contributed by atoms with Gasteiger partial charge in [0.2, 0.25) is 0 Å². The molecule has 0 unspecified atom stereocenters. The Labute approximate surface area is 127 Å². The molecule has 5 nitrogen and oxygen atoms in total. The largest absolute Gasteiger partial charge is 0.481 e. The van der Waals surface area contributed by atoms with Crippen molar-refractivity contribution >= 4 is 17.7 Å². The van der Waals surface area contributed by atoms with E-state index in [9.17, 15) is 4.79 Å². The van der Waals surface area contributed by atoms with Crippen LogP contribution in [-0.2, 0) is 4.79 Å². The van der Waals surface area contributed by atoms with Gasteiger partial charge in [0.25, 0.3) is 0 Å². The molecular formula is C15H17N3O2S. The molecule has 110 valence electrons. The van der Waals surface area contributed by atoms with E-state index in [1.807, 2.05) is 22.9 Å². The van der Waals surface area contributed by atoms with Crippen molar-refractivity contribution in [2.75, 3.05) is 5.75 Å². The fraction of sp³-hybridized carbons (Fsp3) is 0.400. The number of pyridine rings is 1. The van der Waals surface area contributed by atoms with Crippen molar-refractivity contribution in [1.82, 2.24) is 14.8 Å². The summed E-state index contributed by atoms with van der Waals surface area (Å²) in [6, 6.07) is 5.82. The number of hydrogen-bond donors (Lipinski definition) is 1. The number of rotatable bonds is 5. The fourth-order valence-corrected chi connectivity index (χ4v) is 3.46. The van der Waals surface area contributed by atoms with Crippen molar-refractivity contribution in [2.45, 2.75) is 36.6 Å². The Bertz CT molecular complexity index is 621. The van der Waals surface area contributed by atoms with Crippen LogP contribution in [0.25, 0.3) is 5.69 Å². The molecule has 0 saturated heterocycles. The van der Waals surface area contributed by atoms with Gasteiger partial charge in [0.15, 0.2) is 0 Å². The van der Waals surface area contributed by atoms with Gasteiger partial charge in [-0.15, -0.1) is 0 Å². The standard InChI is InChI=1S/C15H17N3O2S/c19-15(20)10-21-14-9-13(11-3-1-2-4-11)17-18(14)12-5-7-16-8-6-12/h5-9,11H,1-4,10H2,(H,19,20). The second-order valence-electron chi connectivity index (χ2n) is 5.19. The molecule has 1 saturated carbocycles. The van der Waals surface area contributed by atoms with Gasteiger partial charge in [-0.25, -0.2) is 4.68 Å². The highest BCUT2D eigenvalue weighted by atomic mass is 32.2. The van der Waals surface area contributed by atoms with Gasteiger partial charge in [0, 0.05) is 18.3 Å². The third kappa shape index (κ3) is 3.26. The van der Waals surface area contributed by atoms with E-state index in [0.29, 0.717) is 5.92 Å². The highest BCUT2D eigenvalue weighted by molar-refractivity contribution is 7.99. The third-order valence-electron chi connectivity index (χ3n) is 3.72. The maximum Gasteiger partial charge on any atom is 0.313 e. The van der Waals surface area contributed by atoms with E-state index >= 15 is 0 Å². The summed E-state index contributed by atoms with van der Waals surface area (Å²) in [7, 11) is 0. The number of aliphatic carboxylic acids is 1. The minimum atomic E-state index is -0.815. The van der Waals surface area contributed by atoms with E-state index in [1.165, 1.54) is 37.4 Å². The molecule has 1 aliphatic carbocycles. The van der Waals surface area contributed by atoms with Gasteiger partial charge < -0.3 is 5.11 Å². The second kappa shape index (κ2) is 6.30. The lowest BCUT2D eigenvalue weighted by Crippen LogP contribution is -2.03. The summed E-state index contributed by atoms with van der Waals surface area (Å²) in [5.41, 5.74) is 2.00. The van der Waals surface area contributed by atoms with Crippen LogP contribution in [0.15, 0.2) is 35.6 Å². The van der Waals surface area contributed by atoms with Crippen LogP contribution in [0, 0.1) is 0 Å². The molecule has 0 spiro atoms. The van der Waals surface area contributed by atoms with E-state index in [4.69, 9.17) is 10.2 Å². The molecule has 3 rings (SSSR count). The lowest BCUT2D eigenvalue weighted by atomic mass is 10.1. The van der Waals surface area contributed by atoms with Gasteiger partial charge in [0.05, 0.1) is 17.1 Å². The Kier molecular flexibility index (Phi) is 4.24. The molecule has 2 aromatic heterocycles. The van der Waals surface area contributed by atoms with Crippen LogP contribution < -0.4 is 0 Å². The van der Waals surface area contributed by atoms with Crippen molar-refractivity contribution in [2.24, 2.45) is 0 Å². The predicted molar refractivity (Wildman–Crippen MR) is 80.9 cm³/mol. The molecule has 2 aromatic rings. The normalized spacial score (nSPS) is 15.4. The van der Waals surface area contributed by atoms with Gasteiger partial charge in [-0.05, 0) is 31.0 Å². The van der Waals surface area contributed by atoms with Crippen LogP contribution in [-0.4, -0.2) is 31.6 Å². The molecule has 0 radical (unpaired) electrons. The Morgan fingerprint density at radius 3 is 2.71 bits per heavy atom. The summed E-state index contributed by atoms with van der Waals surface area (Å²) in [5, 5.41) is 14.5. The fourth-order valence-electron chi connectivity index (χ4n) is 2.71. The quantitative estimate of drug-likeness (QED) is 0.860. The first-order chi connectivity index (χ1) is 10.2. The number of carboxylic acids is 1. The van der Waals surface area contributed by atoms with Crippen molar-refractivity contribution in [3.63, 3.8) is 0 Å². The molecule has 1 N–H and O–H groups in total. The molecule has 6 heteroatoms. The van der Waals surface area contributed by atoms with E-state index in [0.717, 1.165) is 16.4 Å². The van der Waals surface area contributed by atoms with Crippen LogP contribution in [0.2, 0.25) is 0 Å². The smallest absolute Gasteiger partial charge is 0.313 e. The maximum absolute atomic E-state index is 10.8. The van der Waals surface area contributed by atoms with Gasteiger partial charge in [-0.3, -0.25) is 9.78 Å². The number of thioether (sulfide) groups is 1. The number of hydrogen-bond acceptors (Lipinski definition) is 4. The van der Waals surface area contributed by atoms with Crippen LogP contribution in [0.4, 0.5) is 0 Å². The van der Waals surface area contributed by atoms with Crippen molar-refractivity contribution < 1.29 is 9.90 Å². The number of aromatic nitrogens is 3. The molecule has 1 fully saturated rings. The number of carbonyl (C=O) groups is 1. The Hall–Kier alpha value is -1.82. The lowest BCUT2D eigenvalue weighted by Gasteiger charge is -2.06. The summed E-state index contributed by atoms with van der Waals surface area (Å²) in [5.74, 6) is -0.261. The maximum atomic E-state index is 10.8. The summed E-state index contributed by atoms with van der Waals surface area (Å²) in [6.07, 6.45) is 8.30.